The highest BCUT2D eigenvalue weighted by atomic mass is 16.5. The third-order valence-electron chi connectivity index (χ3n) is 3.41. The van der Waals surface area contributed by atoms with Gasteiger partial charge in [-0.15, -0.1) is 0 Å². The number of ether oxygens (including phenoxy) is 2. The number of allylic oxidation sites excluding steroid dienone is 2. The van der Waals surface area contributed by atoms with Crippen LogP contribution in [0, 0.1) is 0 Å². The maximum Gasteiger partial charge on any atom is 0.338 e. The highest BCUT2D eigenvalue weighted by Crippen LogP contribution is 2.10. The smallest absolute Gasteiger partial charge is 0.338 e. The quantitative estimate of drug-likeness (QED) is 0.472. The van der Waals surface area contributed by atoms with E-state index in [4.69, 9.17) is 9.47 Å². The summed E-state index contributed by atoms with van der Waals surface area (Å²) in [5.41, 5.74) is 1.13. The molecule has 138 valence electrons. The Labute approximate surface area is 152 Å². The molecule has 0 aromatic heterocycles. The van der Waals surface area contributed by atoms with Crippen LogP contribution in [-0.4, -0.2) is 36.7 Å². The zero-order valence-electron chi connectivity index (χ0n) is 15.0. The fourth-order valence-electron chi connectivity index (χ4n) is 1.84. The average Bonchev–Trinajstić information content (AvgIpc) is 2.61. The minimum absolute atomic E-state index is 0.0551. The summed E-state index contributed by atoms with van der Waals surface area (Å²) in [6.07, 6.45) is 0.110. The number of hydrogen-bond acceptors (Lipinski definition) is 6. The molecule has 0 saturated carbocycles. The Morgan fingerprint density at radius 1 is 0.808 bits per heavy atom. The fourth-order valence-corrected chi connectivity index (χ4v) is 1.84. The van der Waals surface area contributed by atoms with Crippen LogP contribution >= 0.6 is 0 Å². The van der Waals surface area contributed by atoms with Crippen LogP contribution in [0.25, 0.3) is 0 Å². The van der Waals surface area contributed by atoms with Crippen LogP contribution < -0.4 is 0 Å². The number of Topliss-reactive ketones (excluding diaryl/α,β-unsaturated/α-hetero) is 2. The second-order valence-electron chi connectivity index (χ2n) is 5.76. The van der Waals surface area contributed by atoms with Gasteiger partial charge in [-0.1, -0.05) is 19.2 Å². The average molecular weight is 358 g/mol. The molecule has 0 spiro atoms. The first kappa shape index (κ1) is 21.0. The Kier molecular flexibility index (Phi) is 8.15. The van der Waals surface area contributed by atoms with Crippen molar-refractivity contribution in [2.75, 3.05) is 13.2 Å². The van der Waals surface area contributed by atoms with Gasteiger partial charge in [0.2, 0.25) is 0 Å². The second kappa shape index (κ2) is 10.1. The van der Waals surface area contributed by atoms with Gasteiger partial charge in [-0.3, -0.25) is 9.59 Å². The molecule has 0 saturated heterocycles. The van der Waals surface area contributed by atoms with Crippen LogP contribution in [-0.2, 0) is 19.1 Å². The van der Waals surface area contributed by atoms with Crippen molar-refractivity contribution in [2.45, 2.75) is 26.7 Å². The van der Waals surface area contributed by atoms with Crippen LogP contribution in [0.4, 0.5) is 0 Å². The van der Waals surface area contributed by atoms with E-state index in [0.29, 0.717) is 11.1 Å². The Balaban J connectivity index is 2.58. The van der Waals surface area contributed by atoms with E-state index < -0.39 is 11.9 Å². The zero-order chi connectivity index (χ0) is 19.7. The molecule has 1 rings (SSSR count). The molecule has 6 heteroatoms. The predicted molar refractivity (Wildman–Crippen MR) is 95.9 cm³/mol. The number of ketones is 2. The molecule has 0 fully saturated rings. The summed E-state index contributed by atoms with van der Waals surface area (Å²) >= 11 is 0. The van der Waals surface area contributed by atoms with Gasteiger partial charge in [0.25, 0.3) is 0 Å². The summed E-state index contributed by atoms with van der Waals surface area (Å²) < 4.78 is 10.0. The van der Waals surface area contributed by atoms with Gasteiger partial charge in [-0.05, 0) is 43.2 Å². The third kappa shape index (κ3) is 6.84. The van der Waals surface area contributed by atoms with Crippen molar-refractivity contribution < 1.29 is 28.7 Å². The first-order chi connectivity index (χ1) is 12.2. The molecule has 1 aromatic carbocycles. The molecule has 0 heterocycles. The lowest BCUT2D eigenvalue weighted by Gasteiger charge is -2.07. The van der Waals surface area contributed by atoms with Gasteiger partial charge in [-0.25, -0.2) is 9.59 Å². The Morgan fingerprint density at radius 3 is 1.54 bits per heavy atom. The van der Waals surface area contributed by atoms with E-state index in [1.165, 1.54) is 24.3 Å². The molecule has 0 bridgehead atoms. The van der Waals surface area contributed by atoms with Gasteiger partial charge in [0.05, 0.1) is 24.3 Å². The summed E-state index contributed by atoms with van der Waals surface area (Å²) in [5, 5.41) is 0. The van der Waals surface area contributed by atoms with Crippen molar-refractivity contribution in [2.24, 2.45) is 0 Å². The molecular weight excluding hydrogens is 336 g/mol. The second-order valence-corrected chi connectivity index (χ2v) is 5.76. The molecule has 0 aliphatic carbocycles. The van der Waals surface area contributed by atoms with Crippen LogP contribution in [0.3, 0.4) is 0 Å². The van der Waals surface area contributed by atoms with Crippen LogP contribution in [0.1, 0.15) is 47.4 Å². The summed E-state index contributed by atoms with van der Waals surface area (Å²) in [6.45, 7) is 10.1. The lowest BCUT2D eigenvalue weighted by molar-refractivity contribution is -0.117. The SMILES string of the molecule is C=C(C)C(=O)CCOC(=O)c1cccc(C(=O)OCCC(=O)C(=C)C)c1. The van der Waals surface area contributed by atoms with E-state index in [0.717, 1.165) is 0 Å². The Hall–Kier alpha value is -3.02. The normalized spacial score (nSPS) is 9.92. The van der Waals surface area contributed by atoms with Crippen molar-refractivity contribution in [3.8, 4) is 0 Å². The van der Waals surface area contributed by atoms with E-state index >= 15 is 0 Å². The topological polar surface area (TPSA) is 86.7 Å². The number of esters is 2. The summed E-state index contributed by atoms with van der Waals surface area (Å²) in [6, 6.07) is 5.84. The van der Waals surface area contributed by atoms with Gasteiger partial charge in [0, 0.05) is 12.8 Å². The van der Waals surface area contributed by atoms with Gasteiger partial charge in [0.15, 0.2) is 11.6 Å². The van der Waals surface area contributed by atoms with Crippen molar-refractivity contribution in [3.05, 3.63) is 59.7 Å². The van der Waals surface area contributed by atoms with Gasteiger partial charge in [0.1, 0.15) is 0 Å². The monoisotopic (exact) mass is 358 g/mol. The number of rotatable bonds is 10. The molecule has 0 radical (unpaired) electrons. The summed E-state index contributed by atoms with van der Waals surface area (Å²) in [4.78, 5) is 46.8. The molecule has 0 amide bonds. The molecule has 26 heavy (non-hydrogen) atoms. The molecule has 0 aliphatic rings. The Morgan fingerprint density at radius 2 is 1.19 bits per heavy atom. The minimum Gasteiger partial charge on any atom is -0.462 e. The van der Waals surface area contributed by atoms with Crippen LogP contribution in [0.5, 0.6) is 0 Å². The van der Waals surface area contributed by atoms with E-state index in [1.54, 1.807) is 13.8 Å². The molecule has 1 aromatic rings. The highest BCUT2D eigenvalue weighted by Gasteiger charge is 2.14. The molecule has 6 nitrogen and oxygen atoms in total. The molecular formula is C20H22O6. The maximum atomic E-state index is 12.0. The number of benzene rings is 1. The lowest BCUT2D eigenvalue weighted by atomic mass is 10.1. The van der Waals surface area contributed by atoms with Crippen LogP contribution in [0.15, 0.2) is 48.6 Å². The van der Waals surface area contributed by atoms with E-state index in [-0.39, 0.29) is 48.7 Å². The number of carbonyl (C=O) groups is 4. The first-order valence-corrected chi connectivity index (χ1v) is 8.04. The Bertz CT molecular complexity index is 685. The van der Waals surface area contributed by atoms with Crippen molar-refractivity contribution in [1.82, 2.24) is 0 Å². The minimum atomic E-state index is -0.647. The zero-order valence-corrected chi connectivity index (χ0v) is 15.0. The lowest BCUT2D eigenvalue weighted by Crippen LogP contribution is -2.13. The predicted octanol–water partition coefficient (Wildman–Crippen LogP) is 3.07. The highest BCUT2D eigenvalue weighted by molar-refractivity contribution is 5.97. The molecule has 0 N–H and O–H groups in total. The van der Waals surface area contributed by atoms with E-state index in [9.17, 15) is 19.2 Å². The number of carbonyl (C=O) groups excluding carboxylic acids is 4. The van der Waals surface area contributed by atoms with Gasteiger partial charge in [-0.2, -0.15) is 0 Å². The standard InChI is InChI=1S/C20H22O6/c1-13(2)17(21)8-10-25-19(23)15-6-5-7-16(12-15)20(24)26-11-9-18(22)14(3)4/h5-7,12H,1,3,8-11H2,2,4H3. The molecule has 0 aliphatic heterocycles. The number of hydrogen-bond donors (Lipinski definition) is 0. The summed E-state index contributed by atoms with van der Waals surface area (Å²) in [5.74, 6) is -1.66. The fraction of sp³-hybridized carbons (Fsp3) is 0.300. The third-order valence-corrected chi connectivity index (χ3v) is 3.41. The van der Waals surface area contributed by atoms with E-state index in [1.807, 2.05) is 0 Å². The van der Waals surface area contributed by atoms with Crippen LogP contribution in [0.2, 0.25) is 0 Å². The van der Waals surface area contributed by atoms with Gasteiger partial charge < -0.3 is 9.47 Å². The van der Waals surface area contributed by atoms with Crippen molar-refractivity contribution >= 4 is 23.5 Å². The maximum absolute atomic E-state index is 12.0. The van der Waals surface area contributed by atoms with E-state index in [2.05, 4.69) is 13.2 Å². The first-order valence-electron chi connectivity index (χ1n) is 8.04. The van der Waals surface area contributed by atoms with Crippen molar-refractivity contribution in [1.29, 1.82) is 0 Å². The largest absolute Gasteiger partial charge is 0.462 e. The van der Waals surface area contributed by atoms with Gasteiger partial charge >= 0.3 is 11.9 Å². The summed E-state index contributed by atoms with van der Waals surface area (Å²) in [7, 11) is 0. The molecule has 0 atom stereocenters. The van der Waals surface area contributed by atoms with Crippen molar-refractivity contribution in [3.63, 3.8) is 0 Å². The molecule has 0 unspecified atom stereocenters.